The second-order valence-electron chi connectivity index (χ2n) is 4.63. The molecule has 0 aliphatic rings. The quantitative estimate of drug-likeness (QED) is 0.661. The first-order valence-corrected chi connectivity index (χ1v) is 7.04. The van der Waals surface area contributed by atoms with Crippen molar-refractivity contribution in [2.75, 3.05) is 7.11 Å². The highest BCUT2D eigenvalue weighted by atomic mass is 35.5. The van der Waals surface area contributed by atoms with Crippen LogP contribution in [0.15, 0.2) is 47.6 Å². The van der Waals surface area contributed by atoms with Crippen LogP contribution in [0.3, 0.4) is 0 Å². The average molecular weight is 357 g/mol. The fourth-order valence-corrected chi connectivity index (χ4v) is 2.12. The van der Waals surface area contributed by atoms with E-state index in [0.717, 1.165) is 12.3 Å². The summed E-state index contributed by atoms with van der Waals surface area (Å²) in [6.07, 6.45) is -3.58. The third kappa shape index (κ3) is 4.26. The molecule has 8 heteroatoms. The highest BCUT2D eigenvalue weighted by Crippen LogP contribution is 2.31. The van der Waals surface area contributed by atoms with Gasteiger partial charge in [0.2, 0.25) is 0 Å². The van der Waals surface area contributed by atoms with Crippen molar-refractivity contribution in [1.29, 1.82) is 0 Å². The van der Waals surface area contributed by atoms with Crippen molar-refractivity contribution in [2.45, 2.75) is 6.18 Å². The molecule has 0 fully saturated rings. The first-order chi connectivity index (χ1) is 11.3. The van der Waals surface area contributed by atoms with Crippen molar-refractivity contribution in [1.82, 2.24) is 5.43 Å². The molecule has 1 N–H and O–H groups in total. The van der Waals surface area contributed by atoms with E-state index in [1.807, 2.05) is 0 Å². The number of halogens is 4. The minimum atomic E-state index is -4.51. The number of ether oxygens (including phenoxy) is 1. The summed E-state index contributed by atoms with van der Waals surface area (Å²) >= 11 is 5.82. The summed E-state index contributed by atoms with van der Waals surface area (Å²) in [5, 5.41) is 3.89. The van der Waals surface area contributed by atoms with Crippen molar-refractivity contribution < 1.29 is 22.7 Å². The van der Waals surface area contributed by atoms with Gasteiger partial charge in [-0.1, -0.05) is 29.8 Å². The standard InChI is InChI=1S/C16H12ClF3N2O2/c1-24-14-7-6-11(17)8-12(14)15(23)22-21-9-10-4-2-3-5-13(10)16(18,19)20/h2-9H,1H3,(H,22,23)/b21-9+. The van der Waals surface area contributed by atoms with Crippen molar-refractivity contribution in [3.63, 3.8) is 0 Å². The molecule has 2 rings (SSSR count). The molecule has 0 bridgehead atoms. The molecule has 1 amide bonds. The van der Waals surface area contributed by atoms with Crippen molar-refractivity contribution >= 4 is 23.7 Å². The zero-order valence-electron chi connectivity index (χ0n) is 12.4. The third-order valence-electron chi connectivity index (χ3n) is 3.04. The fourth-order valence-electron chi connectivity index (χ4n) is 1.95. The first-order valence-electron chi connectivity index (χ1n) is 6.66. The van der Waals surface area contributed by atoms with Gasteiger partial charge in [-0.3, -0.25) is 4.79 Å². The highest BCUT2D eigenvalue weighted by Gasteiger charge is 2.32. The third-order valence-corrected chi connectivity index (χ3v) is 3.28. The van der Waals surface area contributed by atoms with Gasteiger partial charge in [0.15, 0.2) is 0 Å². The van der Waals surface area contributed by atoms with E-state index in [-0.39, 0.29) is 16.9 Å². The lowest BCUT2D eigenvalue weighted by Crippen LogP contribution is -2.19. The number of nitrogens with zero attached hydrogens (tertiary/aromatic N) is 1. The molecule has 0 aliphatic carbocycles. The molecule has 0 spiro atoms. The van der Waals surface area contributed by atoms with Gasteiger partial charge in [0.1, 0.15) is 5.75 Å². The van der Waals surface area contributed by atoms with E-state index in [1.54, 1.807) is 6.07 Å². The number of benzene rings is 2. The monoisotopic (exact) mass is 356 g/mol. The molecule has 0 atom stereocenters. The van der Waals surface area contributed by atoms with Crippen molar-refractivity contribution in [3.8, 4) is 5.75 Å². The Balaban J connectivity index is 2.19. The Morgan fingerprint density at radius 1 is 1.25 bits per heavy atom. The van der Waals surface area contributed by atoms with Gasteiger partial charge in [-0.2, -0.15) is 18.3 Å². The van der Waals surface area contributed by atoms with E-state index in [2.05, 4.69) is 10.5 Å². The SMILES string of the molecule is COc1ccc(Cl)cc1C(=O)N/N=C/c1ccccc1C(F)(F)F. The van der Waals surface area contributed by atoms with Crippen molar-refractivity contribution in [2.24, 2.45) is 5.10 Å². The number of rotatable bonds is 4. The van der Waals surface area contributed by atoms with Gasteiger partial charge >= 0.3 is 6.18 Å². The summed E-state index contributed by atoms with van der Waals surface area (Å²) in [5.41, 5.74) is 1.26. The number of hydrogen-bond acceptors (Lipinski definition) is 3. The number of alkyl halides is 3. The summed E-state index contributed by atoms with van der Waals surface area (Å²) in [6.45, 7) is 0. The van der Waals surface area contributed by atoms with Crippen LogP contribution < -0.4 is 10.2 Å². The number of carbonyl (C=O) groups excluding carboxylic acids is 1. The van der Waals surface area contributed by atoms with Gasteiger partial charge in [-0.15, -0.1) is 0 Å². The van der Waals surface area contributed by atoms with Crippen LogP contribution >= 0.6 is 11.6 Å². The number of methoxy groups -OCH3 is 1. The van der Waals surface area contributed by atoms with E-state index in [4.69, 9.17) is 16.3 Å². The van der Waals surface area contributed by atoms with E-state index < -0.39 is 17.6 Å². The Morgan fingerprint density at radius 2 is 1.96 bits per heavy atom. The molecule has 0 radical (unpaired) electrons. The second kappa shape index (κ2) is 7.35. The Hall–Kier alpha value is -2.54. The van der Waals surface area contributed by atoms with Crippen LogP contribution in [-0.2, 0) is 6.18 Å². The van der Waals surface area contributed by atoms with Gasteiger partial charge in [-0.05, 0) is 24.3 Å². The van der Waals surface area contributed by atoms with Gasteiger partial charge in [0.25, 0.3) is 5.91 Å². The summed E-state index contributed by atoms with van der Waals surface area (Å²) in [6, 6.07) is 9.31. The van der Waals surface area contributed by atoms with Crippen LogP contribution in [0.25, 0.3) is 0 Å². The van der Waals surface area contributed by atoms with E-state index in [0.29, 0.717) is 5.02 Å². The number of hydrazone groups is 1. The second-order valence-corrected chi connectivity index (χ2v) is 5.07. The molecule has 0 aromatic heterocycles. The predicted octanol–water partition coefficient (Wildman–Crippen LogP) is 4.13. The first kappa shape index (κ1) is 17.8. The molecule has 2 aromatic rings. The van der Waals surface area contributed by atoms with Gasteiger partial charge in [0.05, 0.1) is 24.5 Å². The maximum absolute atomic E-state index is 12.9. The van der Waals surface area contributed by atoms with Gasteiger partial charge < -0.3 is 4.74 Å². The molecule has 4 nitrogen and oxygen atoms in total. The molecule has 0 saturated carbocycles. The predicted molar refractivity (Wildman–Crippen MR) is 84.5 cm³/mol. The van der Waals surface area contributed by atoms with E-state index >= 15 is 0 Å². The summed E-state index contributed by atoms with van der Waals surface area (Å²) in [5.74, 6) is -0.391. The normalized spacial score (nSPS) is 11.5. The molecule has 24 heavy (non-hydrogen) atoms. The van der Waals surface area contributed by atoms with Crippen LogP contribution in [0.1, 0.15) is 21.5 Å². The molecular weight excluding hydrogens is 345 g/mol. The number of hydrogen-bond donors (Lipinski definition) is 1. The summed E-state index contributed by atoms with van der Waals surface area (Å²) < 4.78 is 43.6. The van der Waals surface area contributed by atoms with Crippen LogP contribution in [0, 0.1) is 0 Å². The van der Waals surface area contributed by atoms with Crippen LogP contribution in [-0.4, -0.2) is 19.2 Å². The molecular formula is C16H12ClF3N2O2. The lowest BCUT2D eigenvalue weighted by atomic mass is 10.1. The Labute approximate surface area is 140 Å². The van der Waals surface area contributed by atoms with Crippen LogP contribution in [0.2, 0.25) is 5.02 Å². The Bertz CT molecular complexity index is 776. The van der Waals surface area contributed by atoms with Crippen LogP contribution in [0.4, 0.5) is 13.2 Å². The molecule has 126 valence electrons. The largest absolute Gasteiger partial charge is 0.496 e. The zero-order chi connectivity index (χ0) is 17.7. The number of nitrogens with one attached hydrogen (secondary N) is 1. The zero-order valence-corrected chi connectivity index (χ0v) is 13.2. The summed E-state index contributed by atoms with van der Waals surface area (Å²) in [7, 11) is 1.38. The Kier molecular flexibility index (Phi) is 5.46. The minimum Gasteiger partial charge on any atom is -0.496 e. The average Bonchev–Trinajstić information content (AvgIpc) is 2.54. The summed E-state index contributed by atoms with van der Waals surface area (Å²) in [4.78, 5) is 12.1. The lowest BCUT2D eigenvalue weighted by Gasteiger charge is -2.09. The molecule has 0 aliphatic heterocycles. The topological polar surface area (TPSA) is 50.7 Å². The minimum absolute atomic E-state index is 0.117. The Morgan fingerprint density at radius 3 is 2.62 bits per heavy atom. The molecule has 0 unspecified atom stereocenters. The smallest absolute Gasteiger partial charge is 0.417 e. The van der Waals surface area contributed by atoms with Gasteiger partial charge in [-0.25, -0.2) is 5.43 Å². The maximum Gasteiger partial charge on any atom is 0.417 e. The maximum atomic E-state index is 12.9. The van der Waals surface area contributed by atoms with E-state index in [9.17, 15) is 18.0 Å². The number of carbonyl (C=O) groups is 1. The molecule has 0 saturated heterocycles. The van der Waals surface area contributed by atoms with Crippen molar-refractivity contribution in [3.05, 3.63) is 64.2 Å². The molecule has 2 aromatic carbocycles. The fraction of sp³-hybridized carbons (Fsp3) is 0.125. The highest BCUT2D eigenvalue weighted by molar-refractivity contribution is 6.31. The van der Waals surface area contributed by atoms with E-state index in [1.165, 1.54) is 37.4 Å². The van der Waals surface area contributed by atoms with Crippen LogP contribution in [0.5, 0.6) is 5.75 Å². The number of amides is 1. The lowest BCUT2D eigenvalue weighted by molar-refractivity contribution is -0.137. The van der Waals surface area contributed by atoms with Gasteiger partial charge in [0, 0.05) is 10.6 Å². The molecule has 0 heterocycles.